The van der Waals surface area contributed by atoms with Crippen molar-refractivity contribution in [2.24, 2.45) is 0 Å². The van der Waals surface area contributed by atoms with E-state index in [9.17, 15) is 23.2 Å². The molecule has 7 nitrogen and oxygen atoms in total. The molecule has 2 aromatic rings. The average Bonchev–Trinajstić information content (AvgIpc) is 2.68. The van der Waals surface area contributed by atoms with Gasteiger partial charge in [0.25, 0.3) is 5.91 Å². The molecule has 0 unspecified atom stereocenters. The van der Waals surface area contributed by atoms with E-state index in [1.165, 1.54) is 48.5 Å². The van der Waals surface area contributed by atoms with Crippen LogP contribution in [0.3, 0.4) is 0 Å². The van der Waals surface area contributed by atoms with Gasteiger partial charge in [-0.25, -0.2) is 19.0 Å². The fraction of sp³-hybridized carbons (Fsp3) is 0.211. The smallest absolute Gasteiger partial charge is 0.333 e. The Morgan fingerprint density at radius 3 is 1.96 bits per heavy atom. The van der Waals surface area contributed by atoms with Gasteiger partial charge >= 0.3 is 6.03 Å². The molecule has 0 aliphatic heterocycles. The van der Waals surface area contributed by atoms with Gasteiger partial charge in [0.1, 0.15) is 11.6 Å². The molecule has 0 aliphatic rings. The third-order valence-electron chi connectivity index (χ3n) is 3.62. The minimum absolute atomic E-state index is 0.00399. The van der Waals surface area contributed by atoms with Crippen LogP contribution in [0.15, 0.2) is 48.5 Å². The molecule has 9 heteroatoms. The largest absolute Gasteiger partial charge is 0.352 e. The van der Waals surface area contributed by atoms with E-state index >= 15 is 0 Å². The summed E-state index contributed by atoms with van der Waals surface area (Å²) in [7, 11) is 0. The molecule has 0 aliphatic carbocycles. The maximum absolute atomic E-state index is 12.8. The van der Waals surface area contributed by atoms with E-state index in [0.717, 1.165) is 0 Å². The van der Waals surface area contributed by atoms with E-state index in [-0.39, 0.29) is 18.9 Å². The topological polar surface area (TPSA) is 99.3 Å². The van der Waals surface area contributed by atoms with Gasteiger partial charge in [-0.2, -0.15) is 0 Å². The minimum Gasteiger partial charge on any atom is -0.352 e. The second-order valence-electron chi connectivity index (χ2n) is 5.85. The van der Waals surface area contributed by atoms with Gasteiger partial charge in [-0.05, 0) is 48.4 Å². The predicted octanol–water partition coefficient (Wildman–Crippen LogP) is 1.66. The lowest BCUT2D eigenvalue weighted by atomic mass is 10.1. The standard InChI is InChI=1S/C19H20F2N4O3/c20-15-6-2-13(3-7-15)12-17(26)24-25-19(28)23-11-1-10-22-18(27)14-4-8-16(21)9-5-14/h2-9H,1,10-12H2,(H,22,27)(H,24,26)(H2,23,25,28). The van der Waals surface area contributed by atoms with Gasteiger partial charge in [0.2, 0.25) is 5.91 Å². The summed E-state index contributed by atoms with van der Waals surface area (Å²) in [6.07, 6.45) is 0.458. The number of amides is 4. The van der Waals surface area contributed by atoms with E-state index in [1.807, 2.05) is 0 Å². The zero-order valence-electron chi connectivity index (χ0n) is 14.9. The van der Waals surface area contributed by atoms with Crippen LogP contribution in [0.25, 0.3) is 0 Å². The number of benzene rings is 2. The second kappa shape index (κ2) is 10.6. The quantitative estimate of drug-likeness (QED) is 0.427. The van der Waals surface area contributed by atoms with Crippen molar-refractivity contribution >= 4 is 17.8 Å². The molecule has 0 saturated heterocycles. The van der Waals surface area contributed by atoms with Gasteiger partial charge in [-0.3, -0.25) is 15.0 Å². The fourth-order valence-corrected chi connectivity index (χ4v) is 2.20. The number of carbonyl (C=O) groups excluding carboxylic acids is 3. The Bertz CT molecular complexity index is 811. The number of nitrogens with one attached hydrogen (secondary N) is 4. The van der Waals surface area contributed by atoms with Crippen LogP contribution in [0.2, 0.25) is 0 Å². The third kappa shape index (κ3) is 7.40. The normalized spacial score (nSPS) is 10.1. The Balaban J connectivity index is 1.56. The highest BCUT2D eigenvalue weighted by Crippen LogP contribution is 2.03. The zero-order valence-corrected chi connectivity index (χ0v) is 14.9. The van der Waals surface area contributed by atoms with E-state index in [2.05, 4.69) is 21.5 Å². The highest BCUT2D eigenvalue weighted by atomic mass is 19.1. The van der Waals surface area contributed by atoms with Gasteiger partial charge in [0, 0.05) is 18.7 Å². The molecule has 4 N–H and O–H groups in total. The maximum atomic E-state index is 12.8. The summed E-state index contributed by atoms with van der Waals surface area (Å²) in [6, 6.07) is 10.0. The molecule has 0 radical (unpaired) electrons. The summed E-state index contributed by atoms with van der Waals surface area (Å²) in [5.74, 6) is -1.60. The molecule has 0 heterocycles. The second-order valence-corrected chi connectivity index (χ2v) is 5.85. The van der Waals surface area contributed by atoms with Crippen LogP contribution < -0.4 is 21.5 Å². The Morgan fingerprint density at radius 2 is 1.32 bits per heavy atom. The van der Waals surface area contributed by atoms with Crippen molar-refractivity contribution in [2.75, 3.05) is 13.1 Å². The lowest BCUT2D eigenvalue weighted by molar-refractivity contribution is -0.121. The van der Waals surface area contributed by atoms with Crippen molar-refractivity contribution in [2.45, 2.75) is 12.8 Å². The first-order valence-electron chi connectivity index (χ1n) is 8.55. The number of carbonyl (C=O) groups is 3. The summed E-state index contributed by atoms with van der Waals surface area (Å²) in [4.78, 5) is 35.1. The summed E-state index contributed by atoms with van der Waals surface area (Å²) in [6.45, 7) is 0.580. The van der Waals surface area contributed by atoms with E-state index < -0.39 is 23.6 Å². The van der Waals surface area contributed by atoms with Crippen molar-refractivity contribution < 1.29 is 23.2 Å². The average molecular weight is 390 g/mol. The summed E-state index contributed by atoms with van der Waals surface area (Å²) in [5, 5.41) is 5.16. The van der Waals surface area contributed by atoms with Crippen LogP contribution in [0.4, 0.5) is 13.6 Å². The zero-order chi connectivity index (χ0) is 20.4. The molecule has 0 saturated carbocycles. The van der Waals surface area contributed by atoms with Crippen molar-refractivity contribution in [1.82, 2.24) is 21.5 Å². The van der Waals surface area contributed by atoms with Crippen molar-refractivity contribution in [3.63, 3.8) is 0 Å². The van der Waals surface area contributed by atoms with Crippen molar-refractivity contribution in [3.8, 4) is 0 Å². The molecule has 0 aromatic heterocycles. The summed E-state index contributed by atoms with van der Waals surface area (Å²) < 4.78 is 25.6. The number of hydrogen-bond acceptors (Lipinski definition) is 3. The van der Waals surface area contributed by atoms with Crippen LogP contribution in [0.1, 0.15) is 22.3 Å². The van der Waals surface area contributed by atoms with Gasteiger partial charge in [0.05, 0.1) is 6.42 Å². The Morgan fingerprint density at radius 1 is 0.750 bits per heavy atom. The Hall–Kier alpha value is -3.49. The van der Waals surface area contributed by atoms with Crippen molar-refractivity contribution in [3.05, 3.63) is 71.3 Å². The highest BCUT2D eigenvalue weighted by molar-refractivity contribution is 5.94. The lowest BCUT2D eigenvalue weighted by Crippen LogP contribution is -2.47. The van der Waals surface area contributed by atoms with Crippen molar-refractivity contribution in [1.29, 1.82) is 0 Å². The molecule has 148 valence electrons. The maximum Gasteiger partial charge on any atom is 0.333 e. The van der Waals surface area contributed by atoms with Gasteiger partial charge in [-0.15, -0.1) is 0 Å². The van der Waals surface area contributed by atoms with Crippen LogP contribution in [-0.2, 0) is 11.2 Å². The minimum atomic E-state index is -0.600. The first-order chi connectivity index (χ1) is 13.4. The molecule has 0 spiro atoms. The predicted molar refractivity (Wildman–Crippen MR) is 98.1 cm³/mol. The number of hydrazine groups is 1. The van der Waals surface area contributed by atoms with Gasteiger partial charge < -0.3 is 10.6 Å². The van der Waals surface area contributed by atoms with Gasteiger partial charge in [0.15, 0.2) is 0 Å². The molecule has 4 amide bonds. The SMILES string of the molecule is O=C(Cc1ccc(F)cc1)NNC(=O)NCCCNC(=O)c1ccc(F)cc1. The Labute approximate surface area is 160 Å². The number of rotatable bonds is 7. The molecule has 2 aromatic carbocycles. The van der Waals surface area contributed by atoms with E-state index in [4.69, 9.17) is 0 Å². The number of halogens is 2. The molecule has 28 heavy (non-hydrogen) atoms. The molecular formula is C19H20F2N4O3. The van der Waals surface area contributed by atoms with E-state index in [1.54, 1.807) is 0 Å². The first-order valence-corrected chi connectivity index (χ1v) is 8.55. The Kier molecular flexibility index (Phi) is 7.89. The van der Waals surface area contributed by atoms with Gasteiger partial charge in [-0.1, -0.05) is 12.1 Å². The van der Waals surface area contributed by atoms with Crippen LogP contribution in [0.5, 0.6) is 0 Å². The van der Waals surface area contributed by atoms with E-state index in [0.29, 0.717) is 24.1 Å². The lowest BCUT2D eigenvalue weighted by Gasteiger charge is -2.09. The number of hydrogen-bond donors (Lipinski definition) is 4. The molecule has 0 fully saturated rings. The monoisotopic (exact) mass is 390 g/mol. The molecule has 0 bridgehead atoms. The molecular weight excluding hydrogens is 370 g/mol. The number of urea groups is 1. The molecule has 2 rings (SSSR count). The van der Waals surface area contributed by atoms with Crippen LogP contribution >= 0.6 is 0 Å². The van der Waals surface area contributed by atoms with Crippen LogP contribution in [-0.4, -0.2) is 30.9 Å². The third-order valence-corrected chi connectivity index (χ3v) is 3.62. The molecule has 0 atom stereocenters. The highest BCUT2D eigenvalue weighted by Gasteiger charge is 2.07. The fourth-order valence-electron chi connectivity index (χ4n) is 2.20. The summed E-state index contributed by atoms with van der Waals surface area (Å²) in [5.41, 5.74) is 5.39. The van der Waals surface area contributed by atoms with Crippen LogP contribution in [0, 0.1) is 11.6 Å². The first kappa shape index (κ1) is 20.8. The summed E-state index contributed by atoms with van der Waals surface area (Å²) >= 11 is 0.